The molecule has 7 nitrogen and oxygen atoms in total. The number of hydrogen-bond donors (Lipinski definition) is 2. The van der Waals surface area contributed by atoms with Crippen molar-refractivity contribution in [1.29, 1.82) is 0 Å². The topological polar surface area (TPSA) is 93.7 Å². The summed E-state index contributed by atoms with van der Waals surface area (Å²) in [6.07, 6.45) is -1.49. The van der Waals surface area contributed by atoms with Crippen LogP contribution in [0.25, 0.3) is 0 Å². The molecule has 0 aliphatic heterocycles. The maximum atomic E-state index is 13.6. The van der Waals surface area contributed by atoms with E-state index in [-0.39, 0.29) is 13.0 Å². The molecule has 0 fully saturated rings. The molecule has 0 saturated carbocycles. The Morgan fingerprint density at radius 1 is 1.03 bits per heavy atom. The van der Waals surface area contributed by atoms with Crippen molar-refractivity contribution in [2.45, 2.75) is 19.4 Å². The van der Waals surface area contributed by atoms with Crippen molar-refractivity contribution in [2.75, 3.05) is 19.0 Å². The molecule has 2 amide bonds. The monoisotopic (exact) mass is 406 g/mol. The number of benzene rings is 2. The molecule has 0 spiro atoms. The highest BCUT2D eigenvalue weighted by Crippen LogP contribution is 2.19. The molecule has 9 heteroatoms. The van der Waals surface area contributed by atoms with E-state index in [1.165, 1.54) is 14.0 Å². The van der Waals surface area contributed by atoms with Crippen molar-refractivity contribution in [3.63, 3.8) is 0 Å². The lowest BCUT2D eigenvalue weighted by Gasteiger charge is -2.14. The largest absolute Gasteiger partial charge is 0.496 e. The fraction of sp³-hybridized carbons (Fsp3) is 0.250. The molecule has 0 aliphatic carbocycles. The third-order valence-electron chi connectivity index (χ3n) is 3.85. The summed E-state index contributed by atoms with van der Waals surface area (Å²) >= 11 is 0. The Bertz CT molecular complexity index is 884. The molecule has 2 N–H and O–H groups in total. The average Bonchev–Trinajstić information content (AvgIpc) is 2.70. The lowest BCUT2D eigenvalue weighted by Crippen LogP contribution is -2.32. The molecule has 1 atom stereocenters. The summed E-state index contributed by atoms with van der Waals surface area (Å²) in [6, 6.07) is 9.71. The molecule has 0 bridgehead atoms. The summed E-state index contributed by atoms with van der Waals surface area (Å²) in [4.78, 5) is 36.0. The van der Waals surface area contributed by atoms with Crippen LogP contribution in [0, 0.1) is 11.6 Å². The fourth-order valence-corrected chi connectivity index (χ4v) is 2.36. The molecular formula is C20H20F2N2O5. The van der Waals surface area contributed by atoms with Gasteiger partial charge in [-0.25, -0.2) is 8.78 Å². The number of esters is 1. The van der Waals surface area contributed by atoms with Crippen molar-refractivity contribution < 1.29 is 32.6 Å². The van der Waals surface area contributed by atoms with E-state index in [0.717, 1.165) is 18.2 Å². The van der Waals surface area contributed by atoms with Gasteiger partial charge in [0.25, 0.3) is 11.8 Å². The first kappa shape index (κ1) is 21.8. The van der Waals surface area contributed by atoms with Crippen molar-refractivity contribution in [1.82, 2.24) is 5.32 Å². The molecule has 0 aliphatic rings. The fourth-order valence-electron chi connectivity index (χ4n) is 2.36. The third-order valence-corrected chi connectivity index (χ3v) is 3.85. The van der Waals surface area contributed by atoms with E-state index in [1.54, 1.807) is 24.3 Å². The molecule has 0 unspecified atom stereocenters. The van der Waals surface area contributed by atoms with Gasteiger partial charge in [-0.2, -0.15) is 0 Å². The number of nitrogens with one attached hydrogen (secondary N) is 2. The highest BCUT2D eigenvalue weighted by Gasteiger charge is 2.21. The Morgan fingerprint density at radius 2 is 1.69 bits per heavy atom. The van der Waals surface area contributed by atoms with E-state index in [0.29, 0.717) is 11.3 Å². The summed E-state index contributed by atoms with van der Waals surface area (Å²) in [6.45, 7) is 1.23. The zero-order chi connectivity index (χ0) is 21.4. The van der Waals surface area contributed by atoms with Crippen LogP contribution in [0.3, 0.4) is 0 Å². The predicted octanol–water partition coefficient (Wildman–Crippen LogP) is 2.66. The van der Waals surface area contributed by atoms with Crippen LogP contribution in [0.4, 0.5) is 14.5 Å². The smallest absolute Gasteiger partial charge is 0.308 e. The van der Waals surface area contributed by atoms with E-state index >= 15 is 0 Å². The third kappa shape index (κ3) is 6.00. The first-order valence-corrected chi connectivity index (χ1v) is 8.69. The lowest BCUT2D eigenvalue weighted by molar-refractivity contribution is -0.153. The van der Waals surface area contributed by atoms with Gasteiger partial charge < -0.3 is 20.1 Å². The van der Waals surface area contributed by atoms with E-state index < -0.39 is 41.2 Å². The van der Waals surface area contributed by atoms with Gasteiger partial charge in [-0.3, -0.25) is 14.4 Å². The molecule has 0 aromatic heterocycles. The first-order valence-electron chi connectivity index (χ1n) is 8.69. The Hall–Kier alpha value is -3.49. The summed E-state index contributed by atoms with van der Waals surface area (Å²) < 4.78 is 37.1. The van der Waals surface area contributed by atoms with Crippen LogP contribution in [0.1, 0.15) is 23.7 Å². The van der Waals surface area contributed by atoms with Gasteiger partial charge in [0.2, 0.25) is 0 Å². The second-order valence-electron chi connectivity index (χ2n) is 5.92. The minimum atomic E-state index is -1.29. The minimum Gasteiger partial charge on any atom is -0.496 e. The minimum absolute atomic E-state index is 0.0357. The van der Waals surface area contributed by atoms with Gasteiger partial charge in [-0.05, 0) is 31.2 Å². The van der Waals surface area contributed by atoms with Crippen LogP contribution in [0.5, 0.6) is 5.75 Å². The summed E-state index contributed by atoms with van der Waals surface area (Å²) in [5.74, 6) is -3.59. The van der Waals surface area contributed by atoms with Gasteiger partial charge in [-0.15, -0.1) is 0 Å². The molecule has 29 heavy (non-hydrogen) atoms. The summed E-state index contributed by atoms with van der Waals surface area (Å²) in [5, 5.41) is 4.58. The molecule has 0 heterocycles. The van der Waals surface area contributed by atoms with Gasteiger partial charge in [0, 0.05) is 6.54 Å². The van der Waals surface area contributed by atoms with Crippen molar-refractivity contribution in [3.8, 4) is 5.75 Å². The van der Waals surface area contributed by atoms with Crippen molar-refractivity contribution in [2.24, 2.45) is 0 Å². The lowest BCUT2D eigenvalue weighted by atomic mass is 10.2. The van der Waals surface area contributed by atoms with Crippen LogP contribution in [0.15, 0.2) is 42.5 Å². The molecule has 2 aromatic carbocycles. The summed E-state index contributed by atoms with van der Waals surface area (Å²) in [7, 11) is 1.43. The molecule has 0 saturated heterocycles. The maximum Gasteiger partial charge on any atom is 0.308 e. The normalized spacial score (nSPS) is 11.3. The van der Waals surface area contributed by atoms with E-state index in [1.807, 2.05) is 5.32 Å². The number of amides is 2. The Kier molecular flexibility index (Phi) is 7.64. The number of hydrogen-bond acceptors (Lipinski definition) is 5. The SMILES string of the molecule is COc1ccccc1C(=O)NCCC(=O)O[C@@H](C)C(=O)Nc1c(F)cccc1F. The highest BCUT2D eigenvalue weighted by atomic mass is 19.1. The number of ether oxygens (including phenoxy) is 2. The summed E-state index contributed by atoms with van der Waals surface area (Å²) in [5.41, 5.74) is -0.313. The Morgan fingerprint density at radius 3 is 2.34 bits per heavy atom. The van der Waals surface area contributed by atoms with Crippen LogP contribution < -0.4 is 15.4 Å². The van der Waals surface area contributed by atoms with Gasteiger partial charge in [0.15, 0.2) is 6.10 Å². The van der Waals surface area contributed by atoms with E-state index in [2.05, 4.69) is 5.32 Å². The first-order chi connectivity index (χ1) is 13.8. The second-order valence-corrected chi connectivity index (χ2v) is 5.92. The van der Waals surface area contributed by atoms with E-state index in [4.69, 9.17) is 9.47 Å². The van der Waals surface area contributed by atoms with Crippen LogP contribution in [-0.2, 0) is 14.3 Å². The number of carbonyl (C=O) groups excluding carboxylic acids is 3. The van der Waals surface area contributed by atoms with Gasteiger partial charge >= 0.3 is 5.97 Å². The average molecular weight is 406 g/mol. The van der Waals surface area contributed by atoms with Gasteiger partial charge in [-0.1, -0.05) is 18.2 Å². The van der Waals surface area contributed by atoms with Crippen LogP contribution >= 0.6 is 0 Å². The standard InChI is InChI=1S/C20H20F2N2O5/c1-12(19(26)24-18-14(21)7-5-8-15(18)22)29-17(25)10-11-23-20(27)13-6-3-4-9-16(13)28-2/h3-9,12H,10-11H2,1-2H3,(H,23,27)(H,24,26)/t12-/m0/s1. The van der Waals surface area contributed by atoms with Crippen molar-refractivity contribution >= 4 is 23.5 Å². The van der Waals surface area contributed by atoms with E-state index in [9.17, 15) is 23.2 Å². The van der Waals surface area contributed by atoms with Crippen LogP contribution in [-0.4, -0.2) is 37.5 Å². The van der Waals surface area contributed by atoms with Crippen molar-refractivity contribution in [3.05, 3.63) is 59.7 Å². The maximum absolute atomic E-state index is 13.6. The zero-order valence-electron chi connectivity index (χ0n) is 15.8. The number of methoxy groups -OCH3 is 1. The number of anilines is 1. The number of rotatable bonds is 8. The highest BCUT2D eigenvalue weighted by molar-refractivity contribution is 5.97. The number of para-hydroxylation sites is 2. The molecule has 2 aromatic rings. The number of carbonyl (C=O) groups is 3. The zero-order valence-corrected chi connectivity index (χ0v) is 15.8. The molecular weight excluding hydrogens is 386 g/mol. The second kappa shape index (κ2) is 10.2. The van der Waals surface area contributed by atoms with Gasteiger partial charge in [0.05, 0.1) is 19.1 Å². The predicted molar refractivity (Wildman–Crippen MR) is 100 cm³/mol. The quantitative estimate of drug-likeness (QED) is 0.658. The molecule has 2 rings (SSSR count). The Balaban J connectivity index is 1.81. The van der Waals surface area contributed by atoms with Gasteiger partial charge in [0.1, 0.15) is 23.1 Å². The van der Waals surface area contributed by atoms with Crippen LogP contribution in [0.2, 0.25) is 0 Å². The Labute approximate surface area is 166 Å². The molecule has 154 valence electrons. The number of halogens is 2. The molecule has 0 radical (unpaired) electrons.